The quantitative estimate of drug-likeness (QED) is 0.788. The number of halogens is 2. The number of ether oxygens (including phenoxy) is 1. The number of imidazole rings is 1. The van der Waals surface area contributed by atoms with Gasteiger partial charge in [-0.3, -0.25) is 0 Å². The molecule has 2 aromatic rings. The zero-order chi connectivity index (χ0) is 13.6. The lowest BCUT2D eigenvalue weighted by Gasteiger charge is -2.36. The van der Waals surface area contributed by atoms with Crippen LogP contribution in [0.4, 0.5) is 0 Å². The van der Waals surface area contributed by atoms with E-state index in [4.69, 9.17) is 27.9 Å². The summed E-state index contributed by atoms with van der Waals surface area (Å²) in [5.41, 5.74) is 2.02. The van der Waals surface area contributed by atoms with Gasteiger partial charge in [0.2, 0.25) is 0 Å². The molecule has 0 bridgehead atoms. The Kier molecular flexibility index (Phi) is 3.46. The lowest BCUT2D eigenvalue weighted by Crippen LogP contribution is -2.33. The molecule has 1 aromatic heterocycles. The van der Waals surface area contributed by atoms with Crippen LogP contribution in [0.1, 0.15) is 37.0 Å². The van der Waals surface area contributed by atoms with Gasteiger partial charge in [0.15, 0.2) is 0 Å². The summed E-state index contributed by atoms with van der Waals surface area (Å²) >= 11 is 12.4. The van der Waals surface area contributed by atoms with Crippen LogP contribution in [0.3, 0.4) is 0 Å². The average Bonchev–Trinajstić information content (AvgIpc) is 2.67. The molecule has 0 N–H and O–H groups in total. The summed E-state index contributed by atoms with van der Waals surface area (Å²) in [6.45, 7) is 1.95. The maximum absolute atomic E-state index is 6.27. The van der Waals surface area contributed by atoms with Gasteiger partial charge < -0.3 is 9.30 Å². The van der Waals surface area contributed by atoms with Gasteiger partial charge in [0, 0.05) is 18.2 Å². The van der Waals surface area contributed by atoms with Crippen LogP contribution in [0.5, 0.6) is 0 Å². The molecule has 1 aliphatic carbocycles. The Morgan fingerprint density at radius 1 is 1.42 bits per heavy atom. The highest BCUT2D eigenvalue weighted by molar-refractivity contribution is 6.31. The molecule has 1 unspecified atom stereocenters. The van der Waals surface area contributed by atoms with Crippen molar-refractivity contribution in [3.63, 3.8) is 0 Å². The number of hydrogen-bond donors (Lipinski definition) is 0. The Bertz CT molecular complexity index is 603. The normalized spacial score (nSPS) is 24.4. The molecule has 1 aliphatic rings. The predicted molar refractivity (Wildman–Crippen MR) is 78.1 cm³/mol. The minimum Gasteiger partial charge on any atom is -0.381 e. The second-order valence-electron chi connectivity index (χ2n) is 5.07. The predicted octanol–water partition coefficient (Wildman–Crippen LogP) is 4.34. The summed E-state index contributed by atoms with van der Waals surface area (Å²) in [6, 6.07) is 6.18. The van der Waals surface area contributed by atoms with E-state index < -0.39 is 0 Å². The summed E-state index contributed by atoms with van der Waals surface area (Å²) in [5.74, 6) is 0.915. The van der Waals surface area contributed by atoms with Crippen LogP contribution in [0, 0.1) is 0 Å². The van der Waals surface area contributed by atoms with E-state index in [0.29, 0.717) is 12.1 Å². The monoisotopic (exact) mass is 298 g/mol. The average molecular weight is 299 g/mol. The number of benzene rings is 1. The van der Waals surface area contributed by atoms with Crippen LogP contribution < -0.4 is 0 Å². The van der Waals surface area contributed by atoms with Crippen molar-refractivity contribution >= 4 is 34.2 Å². The first-order chi connectivity index (χ1) is 9.10. The minimum atomic E-state index is -0.118. The van der Waals surface area contributed by atoms with Crippen LogP contribution in [-0.4, -0.2) is 22.8 Å². The molecule has 0 radical (unpaired) electrons. The van der Waals surface area contributed by atoms with Crippen LogP contribution in [-0.2, 0) is 4.74 Å². The fraction of sp³-hybridized carbons (Fsp3) is 0.500. The van der Waals surface area contributed by atoms with Crippen LogP contribution in [0.2, 0.25) is 5.02 Å². The van der Waals surface area contributed by atoms with Gasteiger partial charge in [-0.15, -0.1) is 11.6 Å². The molecule has 0 amide bonds. The van der Waals surface area contributed by atoms with Crippen molar-refractivity contribution in [2.45, 2.75) is 37.3 Å². The first-order valence-electron chi connectivity index (χ1n) is 6.44. The molecule has 0 aliphatic heterocycles. The van der Waals surface area contributed by atoms with E-state index in [9.17, 15) is 0 Å². The first-order valence-corrected chi connectivity index (χ1v) is 7.26. The van der Waals surface area contributed by atoms with Gasteiger partial charge in [-0.05, 0) is 38.0 Å². The summed E-state index contributed by atoms with van der Waals surface area (Å²) in [5, 5.41) is 0.609. The third kappa shape index (κ3) is 2.24. The summed E-state index contributed by atoms with van der Waals surface area (Å²) < 4.78 is 7.59. The van der Waals surface area contributed by atoms with Crippen molar-refractivity contribution in [2.24, 2.45) is 0 Å². The smallest absolute Gasteiger partial charge is 0.127 e. The maximum Gasteiger partial charge on any atom is 0.127 e. The van der Waals surface area contributed by atoms with Crippen molar-refractivity contribution in [2.75, 3.05) is 7.11 Å². The molecule has 1 heterocycles. The SMILES string of the molecule is COC1CC(n2c(C(C)Cl)nc3ccc(Cl)cc32)C1. The molecule has 3 nitrogen and oxygen atoms in total. The Morgan fingerprint density at radius 2 is 2.16 bits per heavy atom. The molecular weight excluding hydrogens is 283 g/mol. The Labute approximate surface area is 122 Å². The van der Waals surface area contributed by atoms with Crippen molar-refractivity contribution < 1.29 is 4.74 Å². The molecular formula is C14H16Cl2N2O. The fourth-order valence-corrected chi connectivity index (χ4v) is 3.01. The number of fused-ring (bicyclic) bond motifs is 1. The highest BCUT2D eigenvalue weighted by atomic mass is 35.5. The Morgan fingerprint density at radius 3 is 2.79 bits per heavy atom. The number of rotatable bonds is 3. The van der Waals surface area contributed by atoms with E-state index in [1.807, 2.05) is 25.1 Å². The third-order valence-corrected chi connectivity index (χ3v) is 4.23. The van der Waals surface area contributed by atoms with Gasteiger partial charge in [0.25, 0.3) is 0 Å². The van der Waals surface area contributed by atoms with E-state index in [1.54, 1.807) is 7.11 Å². The van der Waals surface area contributed by atoms with E-state index in [0.717, 1.165) is 34.7 Å². The maximum atomic E-state index is 6.27. The van der Waals surface area contributed by atoms with E-state index in [1.165, 1.54) is 0 Å². The van der Waals surface area contributed by atoms with Crippen molar-refractivity contribution in [1.82, 2.24) is 9.55 Å². The van der Waals surface area contributed by atoms with Crippen molar-refractivity contribution in [3.05, 3.63) is 29.0 Å². The molecule has 1 atom stereocenters. The summed E-state index contributed by atoms with van der Waals surface area (Å²) in [4.78, 5) is 4.64. The third-order valence-electron chi connectivity index (χ3n) is 3.80. The second kappa shape index (κ2) is 4.97. The fourth-order valence-electron chi connectivity index (χ4n) is 2.69. The number of hydrogen-bond acceptors (Lipinski definition) is 2. The summed E-state index contributed by atoms with van der Waals surface area (Å²) in [7, 11) is 1.76. The van der Waals surface area contributed by atoms with Gasteiger partial charge in [0.05, 0.1) is 22.5 Å². The van der Waals surface area contributed by atoms with Gasteiger partial charge >= 0.3 is 0 Å². The standard InChI is InChI=1S/C14H16Cl2N2O/c1-8(15)14-17-12-4-3-9(16)5-13(12)18(14)10-6-11(7-10)19-2/h3-5,8,10-11H,6-7H2,1-2H3. The van der Waals surface area contributed by atoms with Crippen LogP contribution in [0.25, 0.3) is 11.0 Å². The minimum absolute atomic E-state index is 0.118. The number of alkyl halides is 1. The molecule has 1 saturated carbocycles. The number of nitrogens with zero attached hydrogens (tertiary/aromatic N) is 2. The van der Waals surface area contributed by atoms with E-state index >= 15 is 0 Å². The highest BCUT2D eigenvalue weighted by Crippen LogP contribution is 2.39. The van der Waals surface area contributed by atoms with Gasteiger partial charge in [-0.1, -0.05) is 11.6 Å². The molecule has 1 aromatic carbocycles. The Hall–Kier alpha value is -0.770. The van der Waals surface area contributed by atoms with Crippen LogP contribution >= 0.6 is 23.2 Å². The van der Waals surface area contributed by atoms with Gasteiger partial charge in [-0.25, -0.2) is 4.98 Å². The van der Waals surface area contributed by atoms with Gasteiger partial charge in [-0.2, -0.15) is 0 Å². The van der Waals surface area contributed by atoms with E-state index in [-0.39, 0.29) is 5.38 Å². The topological polar surface area (TPSA) is 27.1 Å². The summed E-state index contributed by atoms with van der Waals surface area (Å²) in [6.07, 6.45) is 2.36. The van der Waals surface area contributed by atoms with Crippen molar-refractivity contribution in [3.8, 4) is 0 Å². The Balaban J connectivity index is 2.09. The van der Waals surface area contributed by atoms with E-state index in [2.05, 4.69) is 9.55 Å². The zero-order valence-corrected chi connectivity index (χ0v) is 12.4. The highest BCUT2D eigenvalue weighted by Gasteiger charge is 2.33. The molecule has 1 fully saturated rings. The van der Waals surface area contributed by atoms with Crippen molar-refractivity contribution in [1.29, 1.82) is 0 Å². The first kappa shape index (κ1) is 13.2. The molecule has 102 valence electrons. The van der Waals surface area contributed by atoms with Crippen LogP contribution in [0.15, 0.2) is 18.2 Å². The lowest BCUT2D eigenvalue weighted by atomic mass is 9.88. The van der Waals surface area contributed by atoms with Gasteiger partial charge in [0.1, 0.15) is 5.82 Å². The zero-order valence-electron chi connectivity index (χ0n) is 10.9. The largest absolute Gasteiger partial charge is 0.381 e. The second-order valence-corrected chi connectivity index (χ2v) is 6.16. The molecule has 3 rings (SSSR count). The number of methoxy groups -OCH3 is 1. The molecule has 0 saturated heterocycles. The molecule has 19 heavy (non-hydrogen) atoms. The molecule has 0 spiro atoms. The lowest BCUT2D eigenvalue weighted by molar-refractivity contribution is 0.00658. The number of aromatic nitrogens is 2. The molecule has 5 heteroatoms.